The highest BCUT2D eigenvalue weighted by Crippen LogP contribution is 2.27. The predicted molar refractivity (Wildman–Crippen MR) is 83.9 cm³/mol. The van der Waals surface area contributed by atoms with Crippen LogP contribution in [0.25, 0.3) is 0 Å². The van der Waals surface area contributed by atoms with Crippen LogP contribution in [0.2, 0.25) is 0 Å². The van der Waals surface area contributed by atoms with E-state index in [4.69, 9.17) is 5.11 Å². The highest BCUT2D eigenvalue weighted by Gasteiger charge is 2.46. The van der Waals surface area contributed by atoms with E-state index in [1.54, 1.807) is 11.8 Å². The van der Waals surface area contributed by atoms with Crippen molar-refractivity contribution < 1.29 is 19.1 Å². The fraction of sp³-hybridized carbons (Fsp3) is 0.500. The van der Waals surface area contributed by atoms with Crippen LogP contribution in [-0.2, 0) is 9.59 Å². The average Bonchev–Trinajstić information content (AvgIpc) is 2.87. The number of aliphatic carboxylic acids is 1. The van der Waals surface area contributed by atoms with E-state index in [-0.39, 0.29) is 31.8 Å². The second kappa shape index (κ2) is 6.69. The van der Waals surface area contributed by atoms with Crippen LogP contribution in [0.5, 0.6) is 0 Å². The molecule has 1 amide bonds. The summed E-state index contributed by atoms with van der Waals surface area (Å²) in [4.78, 5) is 25.3. The molecular weight excluding hydrogens is 305 g/mol. The second-order valence-electron chi connectivity index (χ2n) is 5.68. The van der Waals surface area contributed by atoms with E-state index in [2.05, 4.69) is 6.07 Å². The van der Waals surface area contributed by atoms with Gasteiger partial charge in [-0.25, -0.2) is 9.18 Å². The Labute approximate surface area is 133 Å². The van der Waals surface area contributed by atoms with Gasteiger partial charge in [0.05, 0.1) is 6.54 Å². The highest BCUT2D eigenvalue weighted by atomic mass is 32.2. The van der Waals surface area contributed by atoms with Crippen molar-refractivity contribution in [1.82, 2.24) is 4.90 Å². The minimum absolute atomic E-state index is 0.127. The summed E-state index contributed by atoms with van der Waals surface area (Å²) in [6, 6.07) is 6.14. The number of amides is 1. The molecule has 1 N–H and O–H groups in total. The van der Waals surface area contributed by atoms with Gasteiger partial charge in [0.1, 0.15) is 0 Å². The van der Waals surface area contributed by atoms with Gasteiger partial charge in [-0.15, -0.1) is 11.8 Å². The van der Waals surface area contributed by atoms with E-state index < -0.39 is 11.6 Å². The number of carboxylic acid groups (broad SMARTS) is 1. The SMILES string of the molecule is Cc1ccc(SCCC(=O)N2CCC(F)(C(=O)O)C2)cc1C. The maximum absolute atomic E-state index is 13.9. The molecule has 1 saturated heterocycles. The molecule has 0 aromatic heterocycles. The van der Waals surface area contributed by atoms with Crippen LogP contribution in [0.3, 0.4) is 0 Å². The van der Waals surface area contributed by atoms with Crippen molar-refractivity contribution in [3.05, 3.63) is 29.3 Å². The van der Waals surface area contributed by atoms with Crippen LogP contribution in [0.15, 0.2) is 23.1 Å². The first-order chi connectivity index (χ1) is 10.3. The minimum Gasteiger partial charge on any atom is -0.479 e. The van der Waals surface area contributed by atoms with Gasteiger partial charge in [0.15, 0.2) is 0 Å². The van der Waals surface area contributed by atoms with E-state index in [9.17, 15) is 14.0 Å². The number of likely N-dealkylation sites (tertiary alicyclic amines) is 1. The Morgan fingerprint density at radius 3 is 2.68 bits per heavy atom. The molecule has 1 aliphatic rings. The summed E-state index contributed by atoms with van der Waals surface area (Å²) < 4.78 is 13.9. The monoisotopic (exact) mass is 325 g/mol. The molecule has 1 aromatic rings. The van der Waals surface area contributed by atoms with E-state index in [1.807, 2.05) is 26.0 Å². The molecule has 1 aromatic carbocycles. The summed E-state index contributed by atoms with van der Waals surface area (Å²) in [6.07, 6.45) is 0.158. The number of carbonyl (C=O) groups excluding carboxylic acids is 1. The van der Waals surface area contributed by atoms with Crippen molar-refractivity contribution in [2.75, 3.05) is 18.8 Å². The Balaban J connectivity index is 1.81. The number of thioether (sulfide) groups is 1. The lowest BCUT2D eigenvalue weighted by Gasteiger charge is -2.17. The summed E-state index contributed by atoms with van der Waals surface area (Å²) >= 11 is 1.58. The van der Waals surface area contributed by atoms with Gasteiger partial charge in [-0.05, 0) is 37.1 Å². The number of benzene rings is 1. The largest absolute Gasteiger partial charge is 0.479 e. The normalized spacial score (nSPS) is 21.1. The molecule has 6 heteroatoms. The van der Waals surface area contributed by atoms with Gasteiger partial charge in [-0.1, -0.05) is 6.07 Å². The number of aryl methyl sites for hydroxylation is 2. The Bertz CT molecular complexity index is 593. The van der Waals surface area contributed by atoms with Crippen molar-refractivity contribution in [3.8, 4) is 0 Å². The van der Waals surface area contributed by atoms with E-state index in [1.165, 1.54) is 16.0 Å². The first kappa shape index (κ1) is 16.8. The number of hydrogen-bond donors (Lipinski definition) is 1. The number of carbonyl (C=O) groups is 2. The van der Waals surface area contributed by atoms with Crippen molar-refractivity contribution in [1.29, 1.82) is 0 Å². The van der Waals surface area contributed by atoms with Crippen LogP contribution >= 0.6 is 11.8 Å². The van der Waals surface area contributed by atoms with Gasteiger partial charge in [0.25, 0.3) is 0 Å². The average molecular weight is 325 g/mol. The van der Waals surface area contributed by atoms with Crippen molar-refractivity contribution >= 4 is 23.6 Å². The molecule has 1 unspecified atom stereocenters. The molecule has 0 aliphatic carbocycles. The molecule has 1 atom stereocenters. The van der Waals surface area contributed by atoms with Crippen LogP contribution in [0.4, 0.5) is 4.39 Å². The van der Waals surface area contributed by atoms with Crippen molar-refractivity contribution in [2.24, 2.45) is 0 Å². The van der Waals surface area contributed by atoms with Gasteiger partial charge in [-0.3, -0.25) is 4.79 Å². The third kappa shape index (κ3) is 3.80. The zero-order valence-electron chi connectivity index (χ0n) is 12.8. The fourth-order valence-corrected chi connectivity index (χ4v) is 3.32. The molecule has 1 aliphatic heterocycles. The molecule has 1 fully saturated rings. The first-order valence-corrected chi connectivity index (χ1v) is 8.20. The molecule has 120 valence electrons. The molecule has 2 rings (SSSR count). The zero-order valence-corrected chi connectivity index (χ0v) is 13.6. The van der Waals surface area contributed by atoms with Gasteiger partial charge in [0.2, 0.25) is 11.6 Å². The maximum Gasteiger partial charge on any atom is 0.343 e. The molecule has 0 spiro atoms. The molecular formula is C16H20FNO3S. The molecule has 4 nitrogen and oxygen atoms in total. The first-order valence-electron chi connectivity index (χ1n) is 7.22. The topological polar surface area (TPSA) is 57.6 Å². The van der Waals surface area contributed by atoms with Crippen molar-refractivity contribution in [2.45, 2.75) is 37.3 Å². The Kier molecular flexibility index (Phi) is 5.11. The molecule has 0 bridgehead atoms. The van der Waals surface area contributed by atoms with E-state index in [0.717, 1.165) is 4.90 Å². The third-order valence-electron chi connectivity index (χ3n) is 4.02. The lowest BCUT2D eigenvalue weighted by atomic mass is 10.1. The number of alkyl halides is 1. The summed E-state index contributed by atoms with van der Waals surface area (Å²) in [5, 5.41) is 8.83. The molecule has 22 heavy (non-hydrogen) atoms. The zero-order chi connectivity index (χ0) is 16.3. The van der Waals surface area contributed by atoms with Crippen molar-refractivity contribution in [3.63, 3.8) is 0 Å². The summed E-state index contributed by atoms with van der Waals surface area (Å²) in [5.74, 6) is -1.06. The summed E-state index contributed by atoms with van der Waals surface area (Å²) in [7, 11) is 0. The highest BCUT2D eigenvalue weighted by molar-refractivity contribution is 7.99. The van der Waals surface area contributed by atoms with Crippen LogP contribution in [0.1, 0.15) is 24.0 Å². The molecule has 0 saturated carbocycles. The lowest BCUT2D eigenvalue weighted by Crippen LogP contribution is -2.39. The van der Waals surface area contributed by atoms with Gasteiger partial charge < -0.3 is 10.0 Å². The standard InChI is InChI=1S/C16H20FNO3S/c1-11-3-4-13(9-12(11)2)22-8-5-14(19)18-7-6-16(17,10-18)15(20)21/h3-4,9H,5-8,10H2,1-2H3,(H,20,21). The van der Waals surface area contributed by atoms with Gasteiger partial charge in [-0.2, -0.15) is 0 Å². The molecule has 1 heterocycles. The maximum atomic E-state index is 13.9. The molecule has 0 radical (unpaired) electrons. The Hall–Kier alpha value is -1.56. The smallest absolute Gasteiger partial charge is 0.343 e. The lowest BCUT2D eigenvalue weighted by molar-refractivity contribution is -0.150. The number of halogens is 1. The minimum atomic E-state index is -2.28. The number of nitrogens with zero attached hydrogens (tertiary/aromatic N) is 1. The van der Waals surface area contributed by atoms with E-state index in [0.29, 0.717) is 5.75 Å². The Morgan fingerprint density at radius 2 is 2.09 bits per heavy atom. The summed E-state index contributed by atoms with van der Waals surface area (Å²) in [5.41, 5.74) is 0.154. The number of hydrogen-bond acceptors (Lipinski definition) is 3. The fourth-order valence-electron chi connectivity index (χ4n) is 2.38. The van der Waals surface area contributed by atoms with Crippen LogP contribution in [0, 0.1) is 13.8 Å². The Morgan fingerprint density at radius 1 is 1.36 bits per heavy atom. The van der Waals surface area contributed by atoms with Gasteiger partial charge >= 0.3 is 5.97 Å². The second-order valence-corrected chi connectivity index (χ2v) is 6.85. The van der Waals surface area contributed by atoms with E-state index >= 15 is 0 Å². The van der Waals surface area contributed by atoms with Crippen LogP contribution in [-0.4, -0.2) is 46.4 Å². The predicted octanol–water partition coefficient (Wildman–Crippen LogP) is 2.81. The number of carboxylic acids is 1. The number of rotatable bonds is 5. The van der Waals surface area contributed by atoms with Crippen LogP contribution < -0.4 is 0 Å². The third-order valence-corrected chi connectivity index (χ3v) is 5.01. The summed E-state index contributed by atoms with van der Waals surface area (Å²) in [6.45, 7) is 3.93. The quantitative estimate of drug-likeness (QED) is 0.846. The van der Waals surface area contributed by atoms with Gasteiger partial charge in [0, 0.05) is 30.0 Å².